The number of hydrogen-bond donors (Lipinski definition) is 1. The monoisotopic (exact) mass is 397 g/mol. The van der Waals surface area contributed by atoms with Gasteiger partial charge in [-0.25, -0.2) is 12.8 Å². The van der Waals surface area contributed by atoms with Gasteiger partial charge in [-0.05, 0) is 36.4 Å². The van der Waals surface area contributed by atoms with Gasteiger partial charge in [-0.15, -0.1) is 0 Å². The molecule has 0 aliphatic heterocycles. The molecule has 106 valence electrons. The van der Waals surface area contributed by atoms with Crippen LogP contribution in [0.3, 0.4) is 0 Å². The summed E-state index contributed by atoms with van der Waals surface area (Å²) in [6.07, 6.45) is 0. The van der Waals surface area contributed by atoms with Crippen molar-refractivity contribution in [3.05, 3.63) is 56.7 Å². The Bertz CT molecular complexity index is 768. The molecule has 0 heterocycles. The third-order valence-corrected chi connectivity index (χ3v) is 4.93. The molecule has 0 aromatic heterocycles. The van der Waals surface area contributed by atoms with E-state index in [0.29, 0.717) is 4.47 Å². The average molecular weight is 399 g/mol. The average Bonchev–Trinajstić information content (AvgIpc) is 2.35. The smallest absolute Gasteiger partial charge is 0.263 e. The van der Waals surface area contributed by atoms with Crippen molar-refractivity contribution in [3.63, 3.8) is 0 Å². The molecule has 0 bridgehead atoms. The van der Waals surface area contributed by atoms with E-state index in [9.17, 15) is 12.8 Å². The lowest BCUT2D eigenvalue weighted by Gasteiger charge is -2.10. The van der Waals surface area contributed by atoms with E-state index in [4.69, 9.17) is 23.2 Å². The minimum Gasteiger partial charge on any atom is -0.277 e. The molecule has 0 amide bonds. The van der Waals surface area contributed by atoms with Crippen molar-refractivity contribution >= 4 is 54.8 Å². The van der Waals surface area contributed by atoms with E-state index < -0.39 is 15.8 Å². The van der Waals surface area contributed by atoms with E-state index in [1.807, 2.05) is 0 Å². The van der Waals surface area contributed by atoms with Gasteiger partial charge in [-0.1, -0.05) is 39.1 Å². The van der Waals surface area contributed by atoms with Crippen LogP contribution in [0.5, 0.6) is 0 Å². The van der Waals surface area contributed by atoms with Crippen LogP contribution in [0.4, 0.5) is 10.1 Å². The van der Waals surface area contributed by atoms with Crippen molar-refractivity contribution in [2.75, 3.05) is 4.72 Å². The molecule has 0 saturated carbocycles. The first-order chi connectivity index (χ1) is 9.29. The molecular weight excluding hydrogens is 392 g/mol. The van der Waals surface area contributed by atoms with Crippen LogP contribution < -0.4 is 4.72 Å². The second kappa shape index (κ2) is 5.89. The van der Waals surface area contributed by atoms with Gasteiger partial charge in [0.2, 0.25) is 0 Å². The second-order valence-electron chi connectivity index (χ2n) is 3.80. The zero-order valence-electron chi connectivity index (χ0n) is 9.70. The summed E-state index contributed by atoms with van der Waals surface area (Å²) in [5.41, 5.74) is -0.177. The van der Waals surface area contributed by atoms with Crippen LogP contribution in [0.15, 0.2) is 45.8 Å². The highest BCUT2D eigenvalue weighted by molar-refractivity contribution is 9.10. The third-order valence-electron chi connectivity index (χ3n) is 2.36. The Kier molecular flexibility index (Phi) is 4.59. The maximum absolute atomic E-state index is 13.7. The van der Waals surface area contributed by atoms with Crippen LogP contribution >= 0.6 is 39.1 Å². The first-order valence-electron chi connectivity index (χ1n) is 5.22. The van der Waals surface area contributed by atoms with Crippen LogP contribution in [0.2, 0.25) is 10.0 Å². The summed E-state index contributed by atoms with van der Waals surface area (Å²) in [6.45, 7) is 0. The zero-order chi connectivity index (χ0) is 14.9. The van der Waals surface area contributed by atoms with Crippen molar-refractivity contribution in [1.82, 2.24) is 0 Å². The summed E-state index contributed by atoms with van der Waals surface area (Å²) < 4.78 is 40.6. The summed E-state index contributed by atoms with van der Waals surface area (Å²) in [6, 6.07) is 7.98. The standard InChI is InChI=1S/C12H7BrCl2FNO2S/c13-7-1-4-11(10(16)5-7)17-20(18,19)12-6-8(14)2-3-9(12)15/h1-6,17H. The quantitative estimate of drug-likeness (QED) is 0.814. The lowest BCUT2D eigenvalue weighted by molar-refractivity contribution is 0.598. The van der Waals surface area contributed by atoms with E-state index in [0.717, 1.165) is 6.07 Å². The van der Waals surface area contributed by atoms with Crippen LogP contribution in [0.1, 0.15) is 0 Å². The van der Waals surface area contributed by atoms with Gasteiger partial charge in [0.15, 0.2) is 0 Å². The molecule has 8 heteroatoms. The van der Waals surface area contributed by atoms with E-state index >= 15 is 0 Å². The molecule has 0 aliphatic rings. The minimum atomic E-state index is -4.02. The molecule has 2 aromatic carbocycles. The van der Waals surface area contributed by atoms with Gasteiger partial charge in [-0.2, -0.15) is 0 Å². The van der Waals surface area contributed by atoms with Crippen LogP contribution in [0.25, 0.3) is 0 Å². The Hall–Kier alpha value is -0.820. The summed E-state index contributed by atoms with van der Waals surface area (Å²) in [5.74, 6) is -0.707. The Balaban J connectivity index is 2.43. The van der Waals surface area contributed by atoms with Crippen LogP contribution in [-0.2, 0) is 10.0 Å². The zero-order valence-corrected chi connectivity index (χ0v) is 13.6. The predicted molar refractivity (Wildman–Crippen MR) is 81.4 cm³/mol. The first kappa shape index (κ1) is 15.6. The summed E-state index contributed by atoms with van der Waals surface area (Å²) in [7, 11) is -4.02. The molecule has 0 fully saturated rings. The Morgan fingerprint density at radius 2 is 1.80 bits per heavy atom. The van der Waals surface area contributed by atoms with Crippen molar-refractivity contribution in [2.45, 2.75) is 4.90 Å². The van der Waals surface area contributed by atoms with Crippen molar-refractivity contribution < 1.29 is 12.8 Å². The van der Waals surface area contributed by atoms with E-state index in [-0.39, 0.29) is 20.6 Å². The van der Waals surface area contributed by atoms with Crippen molar-refractivity contribution in [3.8, 4) is 0 Å². The highest BCUT2D eigenvalue weighted by Gasteiger charge is 2.20. The van der Waals surface area contributed by atoms with E-state index in [1.54, 1.807) is 0 Å². The number of hydrogen-bond acceptors (Lipinski definition) is 2. The van der Waals surface area contributed by atoms with E-state index in [1.165, 1.54) is 30.3 Å². The highest BCUT2D eigenvalue weighted by atomic mass is 79.9. The molecule has 0 radical (unpaired) electrons. The minimum absolute atomic E-state index is 0.000537. The number of rotatable bonds is 3. The second-order valence-corrected chi connectivity index (χ2v) is 7.21. The Morgan fingerprint density at radius 3 is 2.45 bits per heavy atom. The molecule has 0 aliphatic carbocycles. The van der Waals surface area contributed by atoms with Gasteiger partial charge in [0.25, 0.3) is 10.0 Å². The number of benzene rings is 2. The fourth-order valence-corrected chi connectivity index (χ4v) is 3.62. The molecule has 2 rings (SSSR count). The molecule has 3 nitrogen and oxygen atoms in total. The van der Waals surface area contributed by atoms with Gasteiger partial charge in [-0.3, -0.25) is 4.72 Å². The molecule has 0 atom stereocenters. The largest absolute Gasteiger partial charge is 0.277 e. The summed E-state index contributed by atoms with van der Waals surface area (Å²) in [4.78, 5) is -0.214. The molecule has 2 aromatic rings. The number of nitrogens with one attached hydrogen (secondary N) is 1. The van der Waals surface area contributed by atoms with Gasteiger partial charge in [0.05, 0.1) is 10.7 Å². The normalized spacial score (nSPS) is 11.4. The molecule has 0 saturated heterocycles. The summed E-state index contributed by atoms with van der Waals surface area (Å²) >= 11 is 14.7. The fraction of sp³-hybridized carbons (Fsp3) is 0. The Labute approximate surface area is 133 Å². The number of anilines is 1. The summed E-state index contributed by atoms with van der Waals surface area (Å²) in [5, 5.41) is 0.213. The van der Waals surface area contributed by atoms with Gasteiger partial charge >= 0.3 is 0 Å². The Morgan fingerprint density at radius 1 is 1.10 bits per heavy atom. The highest BCUT2D eigenvalue weighted by Crippen LogP contribution is 2.28. The van der Waals surface area contributed by atoms with Gasteiger partial charge < -0.3 is 0 Å². The lowest BCUT2D eigenvalue weighted by Crippen LogP contribution is -2.14. The molecular formula is C12H7BrCl2FNO2S. The maximum Gasteiger partial charge on any atom is 0.263 e. The van der Waals surface area contributed by atoms with Crippen LogP contribution in [-0.4, -0.2) is 8.42 Å². The van der Waals surface area contributed by atoms with E-state index in [2.05, 4.69) is 20.7 Å². The number of halogens is 4. The lowest BCUT2D eigenvalue weighted by atomic mass is 10.3. The molecule has 1 N–H and O–H groups in total. The number of sulfonamides is 1. The van der Waals surface area contributed by atoms with Gasteiger partial charge in [0, 0.05) is 9.50 Å². The molecule has 20 heavy (non-hydrogen) atoms. The van der Waals surface area contributed by atoms with Crippen molar-refractivity contribution in [1.29, 1.82) is 0 Å². The SMILES string of the molecule is O=S(=O)(Nc1ccc(Br)cc1F)c1cc(Cl)ccc1Cl. The van der Waals surface area contributed by atoms with Crippen molar-refractivity contribution in [2.24, 2.45) is 0 Å². The molecule has 0 unspecified atom stereocenters. The first-order valence-corrected chi connectivity index (χ1v) is 8.26. The predicted octanol–water partition coefficient (Wildman–Crippen LogP) is 4.70. The van der Waals surface area contributed by atoms with Crippen LogP contribution in [0, 0.1) is 5.82 Å². The fourth-order valence-electron chi connectivity index (χ4n) is 1.46. The topological polar surface area (TPSA) is 46.2 Å². The third kappa shape index (κ3) is 3.44. The van der Waals surface area contributed by atoms with Gasteiger partial charge in [0.1, 0.15) is 10.7 Å². The molecule has 0 spiro atoms. The maximum atomic E-state index is 13.7.